The molecule has 1 heterocycles. The fraction of sp³-hybridized carbons (Fsp3) is 0.0833. The molecule has 0 unspecified atom stereocenters. The molecule has 4 aromatic rings. The third-order valence-corrected chi connectivity index (χ3v) is 4.84. The van der Waals surface area contributed by atoms with Gasteiger partial charge in [-0.1, -0.05) is 42.5 Å². The smallest absolute Gasteiger partial charge is 0.364 e. The molecule has 0 radical (unpaired) electrons. The number of carbonyl (C=O) groups is 1. The minimum Gasteiger partial charge on any atom is -0.508 e. The lowest BCUT2D eigenvalue weighted by Gasteiger charge is -2.09. The Morgan fingerprint density at radius 2 is 1.60 bits per heavy atom. The summed E-state index contributed by atoms with van der Waals surface area (Å²) in [6, 6.07) is 21.1. The van der Waals surface area contributed by atoms with Crippen LogP contribution in [0.3, 0.4) is 0 Å². The van der Waals surface area contributed by atoms with Crippen LogP contribution in [0.15, 0.2) is 82.0 Å². The van der Waals surface area contributed by atoms with E-state index in [0.29, 0.717) is 5.56 Å². The number of nitrogens with one attached hydrogen (secondary N) is 1. The summed E-state index contributed by atoms with van der Waals surface area (Å²) < 4.78 is 5.11. The SMILES string of the molecule is O=C(Nc1c(O)c2ccc(O)cc2oc1=O)c1cccc(CCc2ccccc2)c1. The summed E-state index contributed by atoms with van der Waals surface area (Å²) in [5.74, 6) is -1.04. The van der Waals surface area contributed by atoms with Crippen LogP contribution in [0.1, 0.15) is 21.5 Å². The number of carbonyl (C=O) groups excluding carboxylic acids is 1. The molecule has 0 saturated carbocycles. The quantitative estimate of drug-likeness (QED) is 0.434. The first-order valence-corrected chi connectivity index (χ1v) is 9.44. The Hall–Kier alpha value is -4.06. The van der Waals surface area contributed by atoms with Gasteiger partial charge in [0.05, 0.1) is 5.39 Å². The Morgan fingerprint density at radius 3 is 2.40 bits per heavy atom. The van der Waals surface area contributed by atoms with E-state index in [1.165, 1.54) is 23.8 Å². The van der Waals surface area contributed by atoms with Gasteiger partial charge in [0.15, 0.2) is 11.4 Å². The minimum atomic E-state index is -0.904. The highest BCUT2D eigenvalue weighted by Gasteiger charge is 2.18. The molecule has 150 valence electrons. The van der Waals surface area contributed by atoms with Gasteiger partial charge < -0.3 is 19.9 Å². The molecular formula is C24H19NO5. The topological polar surface area (TPSA) is 99.8 Å². The lowest BCUT2D eigenvalue weighted by atomic mass is 10.0. The molecule has 0 saturated heterocycles. The maximum atomic E-state index is 12.7. The third-order valence-electron chi connectivity index (χ3n) is 4.84. The van der Waals surface area contributed by atoms with Crippen molar-refractivity contribution in [3.63, 3.8) is 0 Å². The average Bonchev–Trinajstić information content (AvgIpc) is 2.76. The van der Waals surface area contributed by atoms with Crippen LogP contribution in [0, 0.1) is 0 Å². The molecule has 0 aliphatic carbocycles. The van der Waals surface area contributed by atoms with Gasteiger partial charge in [0.25, 0.3) is 5.91 Å². The number of rotatable bonds is 5. The van der Waals surface area contributed by atoms with E-state index >= 15 is 0 Å². The third kappa shape index (κ3) is 4.03. The van der Waals surface area contributed by atoms with E-state index in [1.54, 1.807) is 18.2 Å². The summed E-state index contributed by atoms with van der Waals surface area (Å²) in [7, 11) is 0. The van der Waals surface area contributed by atoms with Gasteiger partial charge in [0.1, 0.15) is 11.3 Å². The predicted molar refractivity (Wildman–Crippen MR) is 114 cm³/mol. The Kier molecular flexibility index (Phi) is 5.22. The summed E-state index contributed by atoms with van der Waals surface area (Å²) in [5.41, 5.74) is 1.34. The molecular weight excluding hydrogens is 382 g/mol. The molecule has 0 bridgehead atoms. The van der Waals surface area contributed by atoms with Gasteiger partial charge >= 0.3 is 5.63 Å². The van der Waals surface area contributed by atoms with Gasteiger partial charge in [0.2, 0.25) is 0 Å². The summed E-state index contributed by atoms with van der Waals surface area (Å²) in [4.78, 5) is 24.9. The van der Waals surface area contributed by atoms with Crippen LogP contribution in [-0.2, 0) is 12.8 Å². The van der Waals surface area contributed by atoms with E-state index < -0.39 is 17.3 Å². The monoisotopic (exact) mass is 401 g/mol. The van der Waals surface area contributed by atoms with E-state index in [4.69, 9.17) is 4.42 Å². The van der Waals surface area contributed by atoms with Crippen LogP contribution in [-0.4, -0.2) is 16.1 Å². The van der Waals surface area contributed by atoms with Crippen LogP contribution in [0.25, 0.3) is 11.0 Å². The van der Waals surface area contributed by atoms with Crippen LogP contribution in [0.4, 0.5) is 5.69 Å². The molecule has 3 aromatic carbocycles. The molecule has 0 atom stereocenters. The second kappa shape index (κ2) is 8.13. The summed E-state index contributed by atoms with van der Waals surface area (Å²) >= 11 is 0. The van der Waals surface area contributed by atoms with Crippen LogP contribution < -0.4 is 10.9 Å². The number of phenolic OH excluding ortho intramolecular Hbond substituents is 1. The zero-order chi connectivity index (χ0) is 21.1. The highest BCUT2D eigenvalue weighted by atomic mass is 16.4. The number of aryl methyl sites for hydroxylation is 2. The molecule has 4 rings (SSSR count). The first kappa shape index (κ1) is 19.3. The van der Waals surface area contributed by atoms with Gasteiger partial charge in [0, 0.05) is 11.6 Å². The van der Waals surface area contributed by atoms with Gasteiger partial charge in [-0.05, 0) is 48.2 Å². The number of benzene rings is 3. The summed E-state index contributed by atoms with van der Waals surface area (Å²) in [6.45, 7) is 0. The normalized spacial score (nSPS) is 10.8. The van der Waals surface area contributed by atoms with Crippen molar-refractivity contribution in [3.05, 3.63) is 99.9 Å². The van der Waals surface area contributed by atoms with Crippen molar-refractivity contribution >= 4 is 22.6 Å². The lowest BCUT2D eigenvalue weighted by Crippen LogP contribution is -2.18. The Bertz CT molecular complexity index is 1280. The molecule has 0 aliphatic rings. The van der Waals surface area contributed by atoms with Gasteiger partial charge in [-0.2, -0.15) is 0 Å². The fourth-order valence-electron chi connectivity index (χ4n) is 3.27. The second-order valence-electron chi connectivity index (χ2n) is 6.93. The van der Waals surface area contributed by atoms with Crippen molar-refractivity contribution in [2.45, 2.75) is 12.8 Å². The van der Waals surface area contributed by atoms with E-state index in [2.05, 4.69) is 17.4 Å². The van der Waals surface area contributed by atoms with Crippen LogP contribution in [0.5, 0.6) is 11.5 Å². The molecule has 6 nitrogen and oxygen atoms in total. The molecule has 0 aliphatic heterocycles. The zero-order valence-corrected chi connectivity index (χ0v) is 16.0. The first-order valence-electron chi connectivity index (χ1n) is 9.44. The van der Waals surface area contributed by atoms with E-state index in [-0.39, 0.29) is 22.4 Å². The average molecular weight is 401 g/mol. The number of hydrogen-bond donors (Lipinski definition) is 3. The van der Waals surface area contributed by atoms with Crippen molar-refractivity contribution in [2.75, 3.05) is 5.32 Å². The maximum absolute atomic E-state index is 12.7. The fourth-order valence-corrected chi connectivity index (χ4v) is 3.27. The van der Waals surface area contributed by atoms with Crippen molar-refractivity contribution in [1.29, 1.82) is 0 Å². The number of phenols is 1. The minimum absolute atomic E-state index is 0.0263. The number of hydrogen-bond acceptors (Lipinski definition) is 5. The van der Waals surface area contributed by atoms with Crippen molar-refractivity contribution in [2.24, 2.45) is 0 Å². The molecule has 30 heavy (non-hydrogen) atoms. The van der Waals surface area contributed by atoms with Crippen molar-refractivity contribution in [3.8, 4) is 11.5 Å². The highest BCUT2D eigenvalue weighted by molar-refractivity contribution is 6.06. The standard InChI is InChI=1S/C24H19NO5/c26-18-11-12-19-20(14-18)30-24(29)21(22(19)27)25-23(28)17-8-4-7-16(13-17)10-9-15-5-2-1-3-6-15/h1-8,11-14,26-27H,9-10H2,(H,25,28). The number of anilines is 1. The summed E-state index contributed by atoms with van der Waals surface area (Å²) in [5, 5.41) is 22.6. The Morgan fingerprint density at radius 1 is 0.867 bits per heavy atom. The molecule has 1 amide bonds. The van der Waals surface area contributed by atoms with Crippen molar-refractivity contribution in [1.82, 2.24) is 0 Å². The molecule has 3 N–H and O–H groups in total. The van der Waals surface area contributed by atoms with Crippen LogP contribution in [0.2, 0.25) is 0 Å². The molecule has 0 spiro atoms. The van der Waals surface area contributed by atoms with E-state index in [9.17, 15) is 19.8 Å². The van der Waals surface area contributed by atoms with Crippen molar-refractivity contribution < 1.29 is 19.4 Å². The summed E-state index contributed by atoms with van der Waals surface area (Å²) in [6.07, 6.45) is 1.60. The van der Waals surface area contributed by atoms with Gasteiger partial charge in [-0.15, -0.1) is 0 Å². The lowest BCUT2D eigenvalue weighted by molar-refractivity contribution is 0.102. The number of fused-ring (bicyclic) bond motifs is 1. The Labute approximate surface area is 172 Å². The zero-order valence-electron chi connectivity index (χ0n) is 16.0. The Balaban J connectivity index is 1.56. The first-order chi connectivity index (χ1) is 14.5. The molecule has 1 aromatic heterocycles. The molecule has 6 heteroatoms. The molecule has 0 fully saturated rings. The number of amides is 1. The van der Waals surface area contributed by atoms with Crippen LogP contribution >= 0.6 is 0 Å². The maximum Gasteiger partial charge on any atom is 0.364 e. The second-order valence-corrected chi connectivity index (χ2v) is 6.93. The van der Waals surface area contributed by atoms with E-state index in [0.717, 1.165) is 18.4 Å². The highest BCUT2D eigenvalue weighted by Crippen LogP contribution is 2.31. The predicted octanol–water partition coefficient (Wildman–Crippen LogP) is 4.24. The van der Waals surface area contributed by atoms with E-state index in [1.807, 2.05) is 24.3 Å². The number of aromatic hydroxyl groups is 2. The van der Waals surface area contributed by atoms with Gasteiger partial charge in [-0.25, -0.2) is 4.79 Å². The largest absolute Gasteiger partial charge is 0.508 e. The van der Waals surface area contributed by atoms with Gasteiger partial charge in [-0.3, -0.25) is 4.79 Å².